The predicted octanol–water partition coefficient (Wildman–Crippen LogP) is 2.37. The maximum absolute atomic E-state index is 12.4. The van der Waals surface area contributed by atoms with E-state index in [0.29, 0.717) is 5.56 Å². The first-order valence-electron chi connectivity index (χ1n) is 6.70. The van der Waals surface area contributed by atoms with Gasteiger partial charge in [0.15, 0.2) is 0 Å². The second-order valence-corrected chi connectivity index (χ2v) is 5.09. The highest BCUT2D eigenvalue weighted by Gasteiger charge is 2.30. The Kier molecular flexibility index (Phi) is 6.13. The highest BCUT2D eigenvalue weighted by atomic mass is 19.4. The van der Waals surface area contributed by atoms with Gasteiger partial charge >= 0.3 is 12.1 Å². The van der Waals surface area contributed by atoms with Crippen LogP contribution in [0.2, 0.25) is 0 Å². The lowest BCUT2D eigenvalue weighted by Gasteiger charge is -2.19. The number of halogens is 3. The van der Waals surface area contributed by atoms with E-state index in [9.17, 15) is 22.8 Å². The lowest BCUT2D eigenvalue weighted by Crippen LogP contribution is -2.45. The summed E-state index contributed by atoms with van der Waals surface area (Å²) in [6.07, 6.45) is -4.75. The van der Waals surface area contributed by atoms with E-state index < -0.39 is 35.6 Å². The second kappa shape index (κ2) is 7.63. The molecule has 8 heteroatoms. The number of rotatable bonds is 6. The molecule has 0 bridgehead atoms. The number of benzene rings is 1. The number of carboxylic acid groups (broad SMARTS) is 1. The molecule has 23 heavy (non-hydrogen) atoms. The Morgan fingerprint density at radius 2 is 1.87 bits per heavy atom. The van der Waals surface area contributed by atoms with Crippen molar-refractivity contribution in [3.8, 4) is 6.07 Å². The van der Waals surface area contributed by atoms with Crippen LogP contribution in [0.4, 0.5) is 13.2 Å². The number of carboxylic acids is 1. The molecule has 1 rings (SSSR count). The number of amides is 1. The quantitative estimate of drug-likeness (QED) is 0.839. The van der Waals surface area contributed by atoms with Crippen LogP contribution < -0.4 is 5.32 Å². The van der Waals surface area contributed by atoms with E-state index in [4.69, 9.17) is 10.4 Å². The molecule has 0 saturated carbocycles. The molecular weight excluding hydrogens is 313 g/mol. The Labute approximate surface area is 130 Å². The number of hydrogen-bond acceptors (Lipinski definition) is 3. The van der Waals surface area contributed by atoms with E-state index in [1.165, 1.54) is 6.92 Å². The summed E-state index contributed by atoms with van der Waals surface area (Å²) in [7, 11) is 0. The molecule has 1 amide bonds. The Morgan fingerprint density at radius 1 is 1.30 bits per heavy atom. The summed E-state index contributed by atoms with van der Waals surface area (Å²) in [6, 6.07) is 4.64. The zero-order chi connectivity index (χ0) is 17.6. The van der Waals surface area contributed by atoms with Gasteiger partial charge in [0.05, 0.1) is 18.1 Å². The Balaban J connectivity index is 2.72. The SMILES string of the molecule is C[C@@H](CC#N)[C@@H](NC(=O)Cc1ccc(C(F)(F)F)cc1)C(=O)O. The third-order valence-electron chi connectivity index (χ3n) is 3.21. The normalized spacial score (nSPS) is 13.7. The Bertz CT molecular complexity index is 606. The predicted molar refractivity (Wildman–Crippen MR) is 74.1 cm³/mol. The van der Waals surface area contributed by atoms with Crippen LogP contribution in [0.25, 0.3) is 0 Å². The van der Waals surface area contributed by atoms with Crippen molar-refractivity contribution < 1.29 is 27.9 Å². The fourth-order valence-electron chi connectivity index (χ4n) is 1.93. The summed E-state index contributed by atoms with van der Waals surface area (Å²) in [4.78, 5) is 22.9. The average molecular weight is 328 g/mol. The minimum Gasteiger partial charge on any atom is -0.480 e. The van der Waals surface area contributed by atoms with E-state index >= 15 is 0 Å². The molecule has 2 N–H and O–H groups in total. The minimum absolute atomic E-state index is 0.0441. The smallest absolute Gasteiger partial charge is 0.416 e. The van der Waals surface area contributed by atoms with Gasteiger partial charge in [-0.3, -0.25) is 4.79 Å². The third kappa shape index (κ3) is 5.62. The summed E-state index contributed by atoms with van der Waals surface area (Å²) in [6.45, 7) is 1.51. The lowest BCUT2D eigenvalue weighted by molar-refractivity contribution is -0.143. The maximum Gasteiger partial charge on any atom is 0.416 e. The van der Waals surface area contributed by atoms with Gasteiger partial charge in [-0.1, -0.05) is 19.1 Å². The summed E-state index contributed by atoms with van der Waals surface area (Å²) in [5, 5.41) is 19.9. The summed E-state index contributed by atoms with van der Waals surface area (Å²) < 4.78 is 37.3. The molecule has 0 heterocycles. The first kappa shape index (κ1) is 18.5. The Hall–Kier alpha value is -2.56. The first-order chi connectivity index (χ1) is 10.6. The van der Waals surface area contributed by atoms with Crippen LogP contribution in [0, 0.1) is 17.2 Å². The molecule has 5 nitrogen and oxygen atoms in total. The molecule has 2 atom stereocenters. The molecule has 0 aliphatic heterocycles. The molecule has 0 fully saturated rings. The number of alkyl halides is 3. The van der Waals surface area contributed by atoms with E-state index in [1.807, 2.05) is 6.07 Å². The molecule has 0 aromatic heterocycles. The highest BCUT2D eigenvalue weighted by Crippen LogP contribution is 2.29. The number of nitrogens with one attached hydrogen (secondary N) is 1. The van der Waals surface area contributed by atoms with Crippen molar-refractivity contribution in [2.75, 3.05) is 0 Å². The van der Waals surface area contributed by atoms with Gasteiger partial charge in [0.25, 0.3) is 0 Å². The van der Waals surface area contributed by atoms with Crippen LogP contribution >= 0.6 is 0 Å². The standard InChI is InChI=1S/C15H15F3N2O3/c1-9(6-7-19)13(14(22)23)20-12(21)8-10-2-4-11(5-3-10)15(16,17)18/h2-5,9,13H,6,8H2,1H3,(H,20,21)(H,22,23)/t9-,13+/m0/s1. The van der Waals surface area contributed by atoms with Gasteiger partial charge in [-0.05, 0) is 17.7 Å². The topological polar surface area (TPSA) is 90.2 Å². The van der Waals surface area contributed by atoms with Crippen molar-refractivity contribution in [1.29, 1.82) is 5.26 Å². The fourth-order valence-corrected chi connectivity index (χ4v) is 1.93. The number of nitrogens with zero attached hydrogens (tertiary/aromatic N) is 1. The number of hydrogen-bond donors (Lipinski definition) is 2. The van der Waals surface area contributed by atoms with Crippen LogP contribution in [-0.4, -0.2) is 23.0 Å². The number of aliphatic carboxylic acids is 1. The van der Waals surface area contributed by atoms with Crippen molar-refractivity contribution in [1.82, 2.24) is 5.32 Å². The summed E-state index contributed by atoms with van der Waals surface area (Å²) in [5.74, 6) is -2.50. The molecule has 0 saturated heterocycles. The lowest BCUT2D eigenvalue weighted by atomic mass is 9.98. The van der Waals surface area contributed by atoms with Gasteiger partial charge in [-0.15, -0.1) is 0 Å². The number of carbonyl (C=O) groups is 2. The summed E-state index contributed by atoms with van der Waals surface area (Å²) >= 11 is 0. The van der Waals surface area contributed by atoms with Crippen LogP contribution in [0.3, 0.4) is 0 Å². The molecule has 0 aliphatic carbocycles. The van der Waals surface area contributed by atoms with Gasteiger partial charge in [-0.25, -0.2) is 4.79 Å². The third-order valence-corrected chi connectivity index (χ3v) is 3.21. The van der Waals surface area contributed by atoms with Gasteiger partial charge in [0.2, 0.25) is 5.91 Å². The van der Waals surface area contributed by atoms with Crippen LogP contribution in [0.5, 0.6) is 0 Å². The molecule has 1 aromatic rings. The van der Waals surface area contributed by atoms with Gasteiger partial charge in [-0.2, -0.15) is 18.4 Å². The first-order valence-corrected chi connectivity index (χ1v) is 6.70. The zero-order valence-corrected chi connectivity index (χ0v) is 12.2. The van der Waals surface area contributed by atoms with Crippen molar-refractivity contribution in [2.24, 2.45) is 5.92 Å². The van der Waals surface area contributed by atoms with E-state index in [1.54, 1.807) is 0 Å². The highest BCUT2D eigenvalue weighted by molar-refractivity contribution is 5.85. The van der Waals surface area contributed by atoms with Gasteiger partial charge < -0.3 is 10.4 Å². The maximum atomic E-state index is 12.4. The van der Waals surface area contributed by atoms with Crippen molar-refractivity contribution in [2.45, 2.75) is 32.0 Å². The van der Waals surface area contributed by atoms with Crippen LogP contribution in [0.1, 0.15) is 24.5 Å². The molecule has 0 unspecified atom stereocenters. The van der Waals surface area contributed by atoms with Crippen molar-refractivity contribution in [3.05, 3.63) is 35.4 Å². The largest absolute Gasteiger partial charge is 0.480 e. The van der Waals surface area contributed by atoms with Gasteiger partial charge in [0, 0.05) is 12.3 Å². The molecule has 0 spiro atoms. The summed E-state index contributed by atoms with van der Waals surface area (Å²) in [5.41, 5.74) is -0.500. The number of nitriles is 1. The average Bonchev–Trinajstić information content (AvgIpc) is 2.44. The van der Waals surface area contributed by atoms with Crippen LogP contribution in [-0.2, 0) is 22.2 Å². The number of carbonyl (C=O) groups excluding carboxylic acids is 1. The molecule has 1 aromatic carbocycles. The Morgan fingerprint density at radius 3 is 2.30 bits per heavy atom. The fraction of sp³-hybridized carbons (Fsp3) is 0.400. The van der Waals surface area contributed by atoms with Crippen LogP contribution in [0.15, 0.2) is 24.3 Å². The molecule has 124 valence electrons. The molecule has 0 aliphatic rings. The van der Waals surface area contributed by atoms with E-state index in [2.05, 4.69) is 5.32 Å². The van der Waals surface area contributed by atoms with E-state index in [-0.39, 0.29) is 12.8 Å². The van der Waals surface area contributed by atoms with Crippen molar-refractivity contribution in [3.63, 3.8) is 0 Å². The van der Waals surface area contributed by atoms with Gasteiger partial charge in [0.1, 0.15) is 6.04 Å². The minimum atomic E-state index is -4.46. The van der Waals surface area contributed by atoms with E-state index in [0.717, 1.165) is 24.3 Å². The van der Waals surface area contributed by atoms with Crippen molar-refractivity contribution >= 4 is 11.9 Å². The zero-order valence-electron chi connectivity index (χ0n) is 12.2. The molecule has 0 radical (unpaired) electrons. The monoisotopic (exact) mass is 328 g/mol. The molecular formula is C15H15F3N2O3. The second-order valence-electron chi connectivity index (χ2n) is 5.09.